The summed E-state index contributed by atoms with van der Waals surface area (Å²) in [7, 11) is 3.05. The van der Waals surface area contributed by atoms with E-state index in [0.717, 1.165) is 17.3 Å². The quantitative estimate of drug-likeness (QED) is 0.805. The van der Waals surface area contributed by atoms with Gasteiger partial charge in [0.05, 0.1) is 14.2 Å². The van der Waals surface area contributed by atoms with Gasteiger partial charge in [0.2, 0.25) is 5.91 Å². The number of nitrogens with one attached hydrogen (secondary N) is 1. The maximum absolute atomic E-state index is 13.9. The van der Waals surface area contributed by atoms with Gasteiger partial charge in [0.25, 0.3) is 0 Å². The average molecular weight is 433 g/mol. The lowest BCUT2D eigenvalue weighted by Gasteiger charge is -2.39. The number of fused-ring (bicyclic) bond motifs is 1. The smallest absolute Gasteiger partial charge is 0.411 e. The van der Waals surface area contributed by atoms with Crippen LogP contribution in [0.15, 0.2) is 47.6 Å². The van der Waals surface area contributed by atoms with Crippen molar-refractivity contribution in [1.29, 1.82) is 0 Å². The maximum atomic E-state index is 13.9. The Labute approximate surface area is 177 Å². The van der Waals surface area contributed by atoms with Crippen LogP contribution in [0.2, 0.25) is 0 Å². The van der Waals surface area contributed by atoms with Crippen molar-refractivity contribution in [3.05, 3.63) is 59.2 Å². The molecule has 2 aliphatic rings. The van der Waals surface area contributed by atoms with Gasteiger partial charge in [-0.25, -0.2) is 0 Å². The summed E-state index contributed by atoms with van der Waals surface area (Å²) in [6, 6.07) is 9.45. The van der Waals surface area contributed by atoms with Crippen LogP contribution in [0, 0.1) is 0 Å². The number of halogens is 3. The summed E-state index contributed by atoms with van der Waals surface area (Å²) in [4.78, 5) is 15.2. The van der Waals surface area contributed by atoms with Gasteiger partial charge < -0.3 is 14.4 Å². The number of benzene rings is 2. The normalized spacial score (nSPS) is 22.6. The molecular weight excluding hydrogens is 411 g/mol. The van der Waals surface area contributed by atoms with Crippen molar-refractivity contribution in [2.24, 2.45) is 5.10 Å². The molecule has 0 fully saturated rings. The van der Waals surface area contributed by atoms with Gasteiger partial charge in [-0.3, -0.25) is 10.2 Å². The molecule has 1 amide bonds. The van der Waals surface area contributed by atoms with Gasteiger partial charge >= 0.3 is 6.18 Å². The summed E-state index contributed by atoms with van der Waals surface area (Å²) in [6.07, 6.45) is -3.09. The van der Waals surface area contributed by atoms with Crippen LogP contribution in [0.5, 0.6) is 11.5 Å². The fourth-order valence-electron chi connectivity index (χ4n) is 4.30. The highest BCUT2D eigenvalue weighted by Gasteiger charge is 2.61. The van der Waals surface area contributed by atoms with E-state index in [9.17, 15) is 18.0 Å². The number of hydrazone groups is 1. The van der Waals surface area contributed by atoms with E-state index < -0.39 is 23.5 Å². The van der Waals surface area contributed by atoms with E-state index in [0.29, 0.717) is 17.9 Å². The number of nitrogens with zero attached hydrogens (tertiary/aromatic N) is 2. The summed E-state index contributed by atoms with van der Waals surface area (Å²) in [6.45, 7) is 0.454. The van der Waals surface area contributed by atoms with Crippen molar-refractivity contribution in [3.8, 4) is 11.5 Å². The predicted octanol–water partition coefficient (Wildman–Crippen LogP) is 3.05. The lowest BCUT2D eigenvalue weighted by Crippen LogP contribution is -2.60. The van der Waals surface area contributed by atoms with Crippen LogP contribution in [0.4, 0.5) is 13.2 Å². The van der Waals surface area contributed by atoms with E-state index in [1.807, 2.05) is 6.07 Å². The predicted molar refractivity (Wildman–Crippen MR) is 108 cm³/mol. The van der Waals surface area contributed by atoms with E-state index in [1.165, 1.54) is 31.3 Å². The van der Waals surface area contributed by atoms with Gasteiger partial charge in [-0.15, -0.1) is 0 Å². The van der Waals surface area contributed by atoms with Gasteiger partial charge in [0, 0.05) is 19.3 Å². The van der Waals surface area contributed by atoms with Gasteiger partial charge in [-0.05, 0) is 35.2 Å². The molecular formula is C22H22F3N3O3. The zero-order valence-electron chi connectivity index (χ0n) is 17.1. The number of rotatable bonds is 4. The molecule has 6 nitrogen and oxygen atoms in total. The van der Waals surface area contributed by atoms with Crippen molar-refractivity contribution < 1.29 is 27.4 Å². The minimum atomic E-state index is -4.67. The second-order valence-electron chi connectivity index (χ2n) is 7.55. The lowest BCUT2D eigenvalue weighted by molar-refractivity contribution is -0.172. The first kappa shape index (κ1) is 21.0. The number of amides is 1. The van der Waals surface area contributed by atoms with Gasteiger partial charge in [0.15, 0.2) is 17.5 Å². The standard InChI is InChI=1S/C22H22F3N3O3/c1-30-17-10-14-8-9-28(12-15(14)11-18(17)31-2)20(29)21(16-6-4-3-5-7-16)13-26-27-19(21)22(23,24)25/h3-7,10-11,13,19,27H,8-9,12H2,1-2H3. The molecule has 2 heterocycles. The average Bonchev–Trinajstić information content (AvgIpc) is 3.24. The summed E-state index contributed by atoms with van der Waals surface area (Å²) in [5, 5.41) is 3.69. The molecule has 0 saturated heterocycles. The number of hydrogen-bond donors (Lipinski definition) is 1. The summed E-state index contributed by atoms with van der Waals surface area (Å²) < 4.78 is 52.5. The minimum Gasteiger partial charge on any atom is -0.493 e. The molecule has 2 aliphatic heterocycles. The van der Waals surface area contributed by atoms with Crippen molar-refractivity contribution in [2.75, 3.05) is 20.8 Å². The van der Waals surface area contributed by atoms with E-state index in [4.69, 9.17) is 9.47 Å². The Morgan fingerprint density at radius 3 is 2.39 bits per heavy atom. The number of carbonyl (C=O) groups is 1. The van der Waals surface area contributed by atoms with Crippen LogP contribution in [-0.4, -0.2) is 50.0 Å². The Hall–Kier alpha value is -3.23. The highest BCUT2D eigenvalue weighted by Crippen LogP contribution is 2.41. The van der Waals surface area contributed by atoms with Crippen LogP contribution in [0.25, 0.3) is 0 Å². The third-order valence-corrected chi connectivity index (χ3v) is 5.87. The number of carbonyl (C=O) groups excluding carboxylic acids is 1. The second-order valence-corrected chi connectivity index (χ2v) is 7.55. The zero-order valence-corrected chi connectivity index (χ0v) is 17.1. The third-order valence-electron chi connectivity index (χ3n) is 5.87. The topological polar surface area (TPSA) is 63.2 Å². The van der Waals surface area contributed by atoms with Crippen molar-refractivity contribution in [3.63, 3.8) is 0 Å². The SMILES string of the molecule is COc1cc2c(cc1OC)CN(C(=O)C1(c3ccccc3)C=NNC1C(F)(F)F)CC2. The molecule has 2 aromatic carbocycles. The van der Waals surface area contributed by atoms with Gasteiger partial charge in [-0.2, -0.15) is 18.3 Å². The number of hydrogen-bond acceptors (Lipinski definition) is 5. The fourth-order valence-corrected chi connectivity index (χ4v) is 4.30. The monoisotopic (exact) mass is 433 g/mol. The first-order valence-electron chi connectivity index (χ1n) is 9.76. The van der Waals surface area contributed by atoms with E-state index in [1.54, 1.807) is 24.3 Å². The van der Waals surface area contributed by atoms with E-state index in [-0.39, 0.29) is 18.7 Å². The fraction of sp³-hybridized carbons (Fsp3) is 0.364. The molecule has 164 valence electrons. The molecule has 0 saturated carbocycles. The highest BCUT2D eigenvalue weighted by molar-refractivity contribution is 6.06. The molecule has 0 aliphatic carbocycles. The second kappa shape index (κ2) is 7.79. The van der Waals surface area contributed by atoms with Gasteiger partial charge in [0.1, 0.15) is 5.41 Å². The molecule has 1 N–H and O–H groups in total. The number of ether oxygens (including phenoxy) is 2. The molecule has 2 unspecified atom stereocenters. The van der Waals surface area contributed by atoms with Crippen molar-refractivity contribution in [2.45, 2.75) is 30.6 Å². The molecule has 0 aromatic heterocycles. The van der Waals surface area contributed by atoms with E-state index >= 15 is 0 Å². The zero-order chi connectivity index (χ0) is 22.2. The van der Waals surface area contributed by atoms with Crippen molar-refractivity contribution in [1.82, 2.24) is 10.3 Å². The summed E-state index contributed by atoms with van der Waals surface area (Å²) in [5.41, 5.74) is 2.17. The van der Waals surface area contributed by atoms with Crippen LogP contribution >= 0.6 is 0 Å². The highest BCUT2D eigenvalue weighted by atomic mass is 19.4. The van der Waals surface area contributed by atoms with Crippen LogP contribution in [-0.2, 0) is 23.2 Å². The van der Waals surface area contributed by atoms with E-state index in [2.05, 4.69) is 10.5 Å². The molecule has 31 heavy (non-hydrogen) atoms. The molecule has 2 aromatic rings. The number of alkyl halides is 3. The Balaban J connectivity index is 1.74. The summed E-state index contributed by atoms with van der Waals surface area (Å²) in [5.74, 6) is 0.437. The number of methoxy groups -OCH3 is 2. The Bertz CT molecular complexity index is 1010. The Kier molecular flexibility index (Phi) is 5.28. The molecule has 0 radical (unpaired) electrons. The maximum Gasteiger partial charge on any atom is 0.411 e. The molecule has 2 atom stereocenters. The minimum absolute atomic E-state index is 0.168. The molecule has 9 heteroatoms. The van der Waals surface area contributed by atoms with Crippen LogP contribution in [0.3, 0.4) is 0 Å². The van der Waals surface area contributed by atoms with Gasteiger partial charge in [-0.1, -0.05) is 30.3 Å². The first-order chi connectivity index (χ1) is 14.8. The molecule has 4 rings (SSSR count). The lowest BCUT2D eigenvalue weighted by atomic mass is 9.74. The molecule has 0 bridgehead atoms. The Morgan fingerprint density at radius 1 is 1.13 bits per heavy atom. The largest absolute Gasteiger partial charge is 0.493 e. The third kappa shape index (κ3) is 3.47. The summed E-state index contributed by atoms with van der Waals surface area (Å²) >= 11 is 0. The Morgan fingerprint density at radius 2 is 1.77 bits per heavy atom. The molecule has 0 spiro atoms. The van der Waals surface area contributed by atoms with Crippen LogP contribution < -0.4 is 14.9 Å². The van der Waals surface area contributed by atoms with Crippen LogP contribution in [0.1, 0.15) is 16.7 Å². The van der Waals surface area contributed by atoms with Crippen molar-refractivity contribution >= 4 is 12.1 Å². The first-order valence-corrected chi connectivity index (χ1v) is 9.76.